The first-order valence-electron chi connectivity index (χ1n) is 5.76. The predicted molar refractivity (Wildman–Crippen MR) is 73.4 cm³/mol. The average Bonchev–Trinajstić information content (AvgIpc) is 2.30. The Morgan fingerprint density at radius 3 is 2.28 bits per heavy atom. The minimum atomic E-state index is -0.410. The SMILES string of the molecule is Cc1cc(C)cc(C(N)c2cc(F)ccc2Cl)c1. The molecule has 0 aromatic heterocycles. The Morgan fingerprint density at radius 1 is 1.06 bits per heavy atom. The van der Waals surface area contributed by atoms with Crippen molar-refractivity contribution in [1.29, 1.82) is 0 Å². The molecular weight excluding hydrogens is 249 g/mol. The molecule has 0 amide bonds. The lowest BCUT2D eigenvalue weighted by Crippen LogP contribution is -2.13. The van der Waals surface area contributed by atoms with Crippen LogP contribution in [0.5, 0.6) is 0 Å². The number of hydrogen-bond acceptors (Lipinski definition) is 1. The second-order valence-electron chi connectivity index (χ2n) is 4.56. The van der Waals surface area contributed by atoms with E-state index in [4.69, 9.17) is 17.3 Å². The third kappa shape index (κ3) is 2.71. The van der Waals surface area contributed by atoms with E-state index < -0.39 is 6.04 Å². The second kappa shape index (κ2) is 5.09. The summed E-state index contributed by atoms with van der Waals surface area (Å²) in [6.45, 7) is 4.02. The molecule has 3 heteroatoms. The predicted octanol–water partition coefficient (Wildman–Crippen LogP) is 4.14. The summed E-state index contributed by atoms with van der Waals surface area (Å²) < 4.78 is 13.3. The van der Waals surface area contributed by atoms with Crippen molar-refractivity contribution in [2.45, 2.75) is 19.9 Å². The summed E-state index contributed by atoms with van der Waals surface area (Å²) in [6, 6.07) is 9.92. The molecule has 94 valence electrons. The minimum Gasteiger partial charge on any atom is -0.320 e. The maximum atomic E-state index is 13.3. The molecule has 2 aromatic carbocycles. The molecule has 2 N–H and O–H groups in total. The van der Waals surface area contributed by atoms with Gasteiger partial charge in [-0.3, -0.25) is 0 Å². The molecule has 0 radical (unpaired) electrons. The van der Waals surface area contributed by atoms with Crippen LogP contribution in [0.4, 0.5) is 4.39 Å². The standard InChI is InChI=1S/C15H15ClFN/c1-9-5-10(2)7-11(6-9)15(18)13-8-12(17)3-4-14(13)16/h3-8,15H,18H2,1-2H3. The van der Waals surface area contributed by atoms with Crippen molar-refractivity contribution in [2.75, 3.05) is 0 Å². The third-order valence-corrected chi connectivity index (χ3v) is 3.24. The summed E-state index contributed by atoms with van der Waals surface area (Å²) in [4.78, 5) is 0. The first-order valence-corrected chi connectivity index (χ1v) is 6.14. The molecule has 0 aliphatic rings. The molecule has 18 heavy (non-hydrogen) atoms. The van der Waals surface area contributed by atoms with Gasteiger partial charge in [-0.25, -0.2) is 4.39 Å². The molecule has 2 rings (SSSR count). The van der Waals surface area contributed by atoms with Crippen molar-refractivity contribution in [3.63, 3.8) is 0 Å². The van der Waals surface area contributed by atoms with Crippen LogP contribution in [0.3, 0.4) is 0 Å². The summed E-state index contributed by atoms with van der Waals surface area (Å²) in [5.41, 5.74) is 9.99. The van der Waals surface area contributed by atoms with E-state index in [-0.39, 0.29) is 5.82 Å². The highest BCUT2D eigenvalue weighted by atomic mass is 35.5. The Hall–Kier alpha value is -1.38. The summed E-state index contributed by atoms with van der Waals surface area (Å²) in [7, 11) is 0. The van der Waals surface area contributed by atoms with Gasteiger partial charge in [0.1, 0.15) is 5.82 Å². The lowest BCUT2D eigenvalue weighted by Gasteiger charge is -2.15. The number of aryl methyl sites for hydroxylation is 2. The molecule has 0 spiro atoms. The van der Waals surface area contributed by atoms with Crippen molar-refractivity contribution < 1.29 is 4.39 Å². The van der Waals surface area contributed by atoms with E-state index in [1.165, 1.54) is 18.2 Å². The van der Waals surface area contributed by atoms with Crippen LogP contribution < -0.4 is 5.73 Å². The lowest BCUT2D eigenvalue weighted by molar-refractivity contribution is 0.623. The third-order valence-electron chi connectivity index (χ3n) is 2.90. The average molecular weight is 264 g/mol. The summed E-state index contributed by atoms with van der Waals surface area (Å²) >= 11 is 6.07. The highest BCUT2D eigenvalue weighted by Crippen LogP contribution is 2.28. The molecule has 0 fully saturated rings. The van der Waals surface area contributed by atoms with Crippen LogP contribution in [-0.2, 0) is 0 Å². The van der Waals surface area contributed by atoms with Gasteiger partial charge in [0.25, 0.3) is 0 Å². The topological polar surface area (TPSA) is 26.0 Å². The second-order valence-corrected chi connectivity index (χ2v) is 4.97. The molecule has 2 aromatic rings. The molecule has 0 heterocycles. The van der Waals surface area contributed by atoms with E-state index in [9.17, 15) is 4.39 Å². The zero-order valence-corrected chi connectivity index (χ0v) is 11.1. The quantitative estimate of drug-likeness (QED) is 0.866. The number of benzene rings is 2. The fourth-order valence-corrected chi connectivity index (χ4v) is 2.36. The van der Waals surface area contributed by atoms with Crippen LogP contribution in [0, 0.1) is 19.7 Å². The molecular formula is C15H15ClFN. The van der Waals surface area contributed by atoms with Crippen molar-refractivity contribution in [1.82, 2.24) is 0 Å². The van der Waals surface area contributed by atoms with Gasteiger partial charge in [0.2, 0.25) is 0 Å². The van der Waals surface area contributed by atoms with Crippen LogP contribution in [0.15, 0.2) is 36.4 Å². The van der Waals surface area contributed by atoms with E-state index in [1.54, 1.807) is 0 Å². The van der Waals surface area contributed by atoms with Gasteiger partial charge in [-0.05, 0) is 43.2 Å². The van der Waals surface area contributed by atoms with Crippen molar-refractivity contribution in [3.8, 4) is 0 Å². The van der Waals surface area contributed by atoms with Crippen molar-refractivity contribution >= 4 is 11.6 Å². The Balaban J connectivity index is 2.47. The zero-order chi connectivity index (χ0) is 13.3. The lowest BCUT2D eigenvalue weighted by atomic mass is 9.96. The normalized spacial score (nSPS) is 12.5. The van der Waals surface area contributed by atoms with Crippen LogP contribution in [0.1, 0.15) is 28.3 Å². The van der Waals surface area contributed by atoms with Gasteiger partial charge >= 0.3 is 0 Å². The first kappa shape index (κ1) is 13.1. The fraction of sp³-hybridized carbons (Fsp3) is 0.200. The van der Waals surface area contributed by atoms with E-state index >= 15 is 0 Å². The first-order chi connectivity index (χ1) is 8.47. The Labute approximate surface area is 111 Å². The molecule has 0 aliphatic heterocycles. The maximum absolute atomic E-state index is 13.3. The summed E-state index contributed by atoms with van der Waals surface area (Å²) in [5.74, 6) is -0.325. The number of halogens is 2. The molecule has 0 bridgehead atoms. The van der Waals surface area contributed by atoms with E-state index in [1.807, 2.05) is 26.0 Å². The summed E-state index contributed by atoms with van der Waals surface area (Å²) in [5, 5.41) is 0.489. The minimum absolute atomic E-state index is 0.325. The maximum Gasteiger partial charge on any atom is 0.123 e. The zero-order valence-electron chi connectivity index (χ0n) is 10.4. The van der Waals surface area contributed by atoms with Crippen LogP contribution >= 0.6 is 11.6 Å². The Kier molecular flexibility index (Phi) is 3.69. The molecule has 0 aliphatic carbocycles. The van der Waals surface area contributed by atoms with E-state index in [0.717, 1.165) is 16.7 Å². The van der Waals surface area contributed by atoms with Gasteiger partial charge in [-0.1, -0.05) is 40.9 Å². The van der Waals surface area contributed by atoms with Crippen molar-refractivity contribution in [3.05, 3.63) is 69.5 Å². The smallest absolute Gasteiger partial charge is 0.123 e. The highest BCUT2D eigenvalue weighted by Gasteiger charge is 2.14. The molecule has 1 nitrogen and oxygen atoms in total. The Bertz CT molecular complexity index is 560. The number of hydrogen-bond donors (Lipinski definition) is 1. The largest absolute Gasteiger partial charge is 0.320 e. The van der Waals surface area contributed by atoms with Crippen LogP contribution in [0.25, 0.3) is 0 Å². The number of nitrogens with two attached hydrogens (primary N) is 1. The highest BCUT2D eigenvalue weighted by molar-refractivity contribution is 6.31. The Morgan fingerprint density at radius 2 is 1.67 bits per heavy atom. The van der Waals surface area contributed by atoms with Gasteiger partial charge in [0.15, 0.2) is 0 Å². The van der Waals surface area contributed by atoms with Crippen LogP contribution in [0.2, 0.25) is 5.02 Å². The van der Waals surface area contributed by atoms with E-state index in [0.29, 0.717) is 10.6 Å². The van der Waals surface area contributed by atoms with Gasteiger partial charge in [-0.2, -0.15) is 0 Å². The van der Waals surface area contributed by atoms with Crippen molar-refractivity contribution in [2.24, 2.45) is 5.73 Å². The van der Waals surface area contributed by atoms with Gasteiger partial charge < -0.3 is 5.73 Å². The van der Waals surface area contributed by atoms with Crippen LogP contribution in [-0.4, -0.2) is 0 Å². The monoisotopic (exact) mass is 263 g/mol. The summed E-state index contributed by atoms with van der Waals surface area (Å²) in [6.07, 6.45) is 0. The van der Waals surface area contributed by atoms with E-state index in [2.05, 4.69) is 6.07 Å². The molecule has 0 saturated carbocycles. The van der Waals surface area contributed by atoms with Gasteiger partial charge in [-0.15, -0.1) is 0 Å². The molecule has 0 saturated heterocycles. The van der Waals surface area contributed by atoms with Gasteiger partial charge in [0, 0.05) is 5.02 Å². The van der Waals surface area contributed by atoms with Gasteiger partial charge in [0.05, 0.1) is 6.04 Å². The number of rotatable bonds is 2. The molecule has 1 unspecified atom stereocenters. The molecule has 1 atom stereocenters. The fourth-order valence-electron chi connectivity index (χ4n) is 2.12.